The van der Waals surface area contributed by atoms with Crippen molar-refractivity contribution >= 4 is 28.9 Å². The molecule has 1 aliphatic heterocycles. The second-order valence-electron chi connectivity index (χ2n) is 4.34. The van der Waals surface area contributed by atoms with Crippen LogP contribution in [0.1, 0.15) is 18.4 Å². The van der Waals surface area contributed by atoms with Gasteiger partial charge >= 0.3 is 0 Å². The molecule has 1 aromatic rings. The molecule has 1 atom stereocenters. The molecule has 0 spiro atoms. The van der Waals surface area contributed by atoms with Crippen molar-refractivity contribution in [2.45, 2.75) is 18.9 Å². The summed E-state index contributed by atoms with van der Waals surface area (Å²) in [7, 11) is 0. The molecular weight excluding hydrogens is 308 g/mol. The Labute approximate surface area is 135 Å². The van der Waals surface area contributed by atoms with E-state index in [0.29, 0.717) is 10.0 Å². The molecule has 1 unspecified atom stereocenters. The molecule has 1 heterocycles. The molecule has 4 heteroatoms. The Hall–Kier alpha value is -1.38. The molecule has 1 aliphatic rings. The fourth-order valence-electron chi connectivity index (χ4n) is 1.92. The lowest BCUT2D eigenvalue weighted by Gasteiger charge is -2.05. The van der Waals surface area contributed by atoms with E-state index < -0.39 is 6.67 Å². The van der Waals surface area contributed by atoms with Gasteiger partial charge in [-0.05, 0) is 25.0 Å². The fraction of sp³-hybridized carbons (Fsp3) is 0.235. The molecule has 0 amide bonds. The minimum atomic E-state index is -0.417. The highest BCUT2D eigenvalue weighted by atomic mass is 35.5. The van der Waals surface area contributed by atoms with Gasteiger partial charge in [0.1, 0.15) is 6.67 Å². The van der Waals surface area contributed by atoms with Crippen molar-refractivity contribution in [2.75, 3.05) is 6.67 Å². The zero-order valence-electron chi connectivity index (χ0n) is 11.7. The summed E-state index contributed by atoms with van der Waals surface area (Å²) in [4.78, 5) is 4.63. The van der Waals surface area contributed by atoms with Crippen molar-refractivity contribution in [3.8, 4) is 0 Å². The molecule has 0 radical (unpaired) electrons. The highest BCUT2D eigenvalue weighted by molar-refractivity contribution is 6.40. The standard InChI is InChI=1S/C14H13Cl2N.C3H5F/c1-2-3-5-10-8-9-13(17-10)14-11(15)6-4-7-12(14)16;1-2-3-4/h2-7,10H,1,8-9H2;2H,1,3H2/b5-3+;. The zero-order chi connectivity index (χ0) is 15.7. The van der Waals surface area contributed by atoms with Crippen molar-refractivity contribution < 1.29 is 4.39 Å². The molecule has 0 fully saturated rings. The second-order valence-corrected chi connectivity index (χ2v) is 5.16. The number of nitrogens with zero attached hydrogens (tertiary/aromatic N) is 1. The highest BCUT2D eigenvalue weighted by Crippen LogP contribution is 2.30. The number of benzene rings is 1. The van der Waals surface area contributed by atoms with Crippen LogP contribution in [0.5, 0.6) is 0 Å². The fourth-order valence-corrected chi connectivity index (χ4v) is 2.54. The molecule has 112 valence electrons. The Morgan fingerprint density at radius 1 is 1.29 bits per heavy atom. The Morgan fingerprint density at radius 2 is 1.90 bits per heavy atom. The smallest absolute Gasteiger partial charge is 0.107 e. The Morgan fingerprint density at radius 3 is 2.43 bits per heavy atom. The largest absolute Gasteiger partial charge is 0.282 e. The first kappa shape index (κ1) is 17.7. The number of alkyl halides is 1. The van der Waals surface area contributed by atoms with Crippen LogP contribution in [0, 0.1) is 0 Å². The van der Waals surface area contributed by atoms with Gasteiger partial charge < -0.3 is 0 Å². The molecule has 0 aromatic heterocycles. The lowest BCUT2D eigenvalue weighted by atomic mass is 10.1. The van der Waals surface area contributed by atoms with E-state index in [4.69, 9.17) is 23.2 Å². The van der Waals surface area contributed by atoms with Crippen LogP contribution in [-0.4, -0.2) is 18.4 Å². The van der Waals surface area contributed by atoms with Gasteiger partial charge in [-0.1, -0.05) is 60.2 Å². The molecule has 2 rings (SSSR count). The van der Waals surface area contributed by atoms with Crippen molar-refractivity contribution in [3.63, 3.8) is 0 Å². The van der Waals surface area contributed by atoms with Crippen LogP contribution in [0.15, 0.2) is 60.7 Å². The maximum Gasteiger partial charge on any atom is 0.107 e. The number of hydrogen-bond acceptors (Lipinski definition) is 1. The number of halogens is 3. The van der Waals surface area contributed by atoms with Gasteiger partial charge in [0.15, 0.2) is 0 Å². The van der Waals surface area contributed by atoms with Gasteiger partial charge in [0.2, 0.25) is 0 Å². The third-order valence-electron chi connectivity index (χ3n) is 2.83. The third-order valence-corrected chi connectivity index (χ3v) is 3.46. The summed E-state index contributed by atoms with van der Waals surface area (Å²) in [6.07, 6.45) is 8.85. The molecule has 0 N–H and O–H groups in total. The normalized spacial score (nSPS) is 17.1. The van der Waals surface area contributed by atoms with Gasteiger partial charge in [0, 0.05) is 11.3 Å². The van der Waals surface area contributed by atoms with E-state index in [1.165, 1.54) is 6.08 Å². The van der Waals surface area contributed by atoms with Gasteiger partial charge in [0.25, 0.3) is 0 Å². The summed E-state index contributed by atoms with van der Waals surface area (Å²) >= 11 is 12.3. The van der Waals surface area contributed by atoms with Gasteiger partial charge in [-0.2, -0.15) is 0 Å². The van der Waals surface area contributed by atoms with Crippen LogP contribution in [0.2, 0.25) is 10.0 Å². The van der Waals surface area contributed by atoms with E-state index in [1.807, 2.05) is 30.4 Å². The van der Waals surface area contributed by atoms with Gasteiger partial charge in [-0.15, -0.1) is 6.58 Å². The number of allylic oxidation sites excluding steroid dienone is 3. The average Bonchev–Trinajstić information content (AvgIpc) is 2.94. The molecule has 1 aromatic carbocycles. The number of hydrogen-bond donors (Lipinski definition) is 0. The number of aliphatic imine (C=N–C) groups is 1. The van der Waals surface area contributed by atoms with E-state index in [1.54, 1.807) is 6.08 Å². The zero-order valence-corrected chi connectivity index (χ0v) is 13.2. The van der Waals surface area contributed by atoms with Crippen molar-refractivity contribution in [3.05, 3.63) is 71.3 Å². The second kappa shape index (κ2) is 9.54. The quantitative estimate of drug-likeness (QED) is 0.488. The topological polar surface area (TPSA) is 12.4 Å². The van der Waals surface area contributed by atoms with Gasteiger partial charge in [-0.25, -0.2) is 4.39 Å². The van der Waals surface area contributed by atoms with Gasteiger partial charge in [-0.3, -0.25) is 4.99 Å². The minimum Gasteiger partial charge on any atom is -0.282 e. The Bertz CT molecular complexity index is 529. The Balaban J connectivity index is 0.000000491. The first-order valence-electron chi connectivity index (χ1n) is 6.61. The van der Waals surface area contributed by atoms with Gasteiger partial charge in [0.05, 0.1) is 16.1 Å². The maximum atomic E-state index is 10.6. The molecule has 0 saturated heterocycles. The predicted molar refractivity (Wildman–Crippen MR) is 91.5 cm³/mol. The van der Waals surface area contributed by atoms with E-state index in [9.17, 15) is 4.39 Å². The SMILES string of the molecule is C=C/C=C/C1CCC(c2c(Cl)cccc2Cl)=N1.C=CCF. The molecule has 0 saturated carbocycles. The lowest BCUT2D eigenvalue weighted by molar-refractivity contribution is 0.562. The average molecular weight is 326 g/mol. The first-order chi connectivity index (χ1) is 10.1. The lowest BCUT2D eigenvalue weighted by Crippen LogP contribution is -1.98. The van der Waals surface area contributed by atoms with Crippen molar-refractivity contribution in [1.29, 1.82) is 0 Å². The Kier molecular flexibility index (Phi) is 8.03. The summed E-state index contributed by atoms with van der Waals surface area (Å²) in [5.74, 6) is 0. The molecule has 1 nitrogen and oxygen atoms in total. The van der Waals surface area contributed by atoms with Crippen molar-refractivity contribution in [2.24, 2.45) is 4.99 Å². The van der Waals surface area contributed by atoms with Crippen LogP contribution in [0.25, 0.3) is 0 Å². The summed E-state index contributed by atoms with van der Waals surface area (Å²) in [5.41, 5.74) is 1.88. The minimum absolute atomic E-state index is 0.218. The number of rotatable bonds is 4. The predicted octanol–water partition coefficient (Wildman–Crippen LogP) is 5.83. The third kappa shape index (κ3) is 5.49. The van der Waals surface area contributed by atoms with Crippen LogP contribution < -0.4 is 0 Å². The molecule has 0 aliphatic carbocycles. The maximum absolute atomic E-state index is 10.6. The van der Waals surface area contributed by atoms with Crippen LogP contribution in [-0.2, 0) is 0 Å². The summed E-state index contributed by atoms with van der Waals surface area (Å²) in [5, 5.41) is 1.34. The first-order valence-corrected chi connectivity index (χ1v) is 7.36. The van der Waals surface area contributed by atoms with E-state index >= 15 is 0 Å². The molecule has 21 heavy (non-hydrogen) atoms. The van der Waals surface area contributed by atoms with Crippen LogP contribution in [0.4, 0.5) is 4.39 Å². The van der Waals surface area contributed by atoms with E-state index in [2.05, 4.69) is 18.2 Å². The summed E-state index contributed by atoms with van der Waals surface area (Å²) in [6.45, 7) is 6.34. The summed E-state index contributed by atoms with van der Waals surface area (Å²) in [6, 6.07) is 5.75. The highest BCUT2D eigenvalue weighted by Gasteiger charge is 2.20. The van der Waals surface area contributed by atoms with Crippen LogP contribution in [0.3, 0.4) is 0 Å². The molecular formula is C17H18Cl2FN. The van der Waals surface area contributed by atoms with E-state index in [-0.39, 0.29) is 6.04 Å². The summed E-state index contributed by atoms with van der Waals surface area (Å²) < 4.78 is 10.6. The van der Waals surface area contributed by atoms with Crippen molar-refractivity contribution in [1.82, 2.24) is 0 Å². The monoisotopic (exact) mass is 325 g/mol. The van der Waals surface area contributed by atoms with Crippen LogP contribution >= 0.6 is 23.2 Å². The molecule has 0 bridgehead atoms. The van der Waals surface area contributed by atoms with E-state index in [0.717, 1.165) is 24.1 Å².